The zero-order valence-corrected chi connectivity index (χ0v) is 13.0. The molecule has 0 fully saturated rings. The first-order chi connectivity index (χ1) is 11.1. The molecule has 5 heteroatoms. The molecule has 0 aliphatic carbocycles. The van der Waals surface area contributed by atoms with Crippen molar-refractivity contribution in [2.75, 3.05) is 7.05 Å². The average molecular weight is 304 g/mol. The van der Waals surface area contributed by atoms with Crippen molar-refractivity contribution in [1.29, 1.82) is 0 Å². The van der Waals surface area contributed by atoms with E-state index in [4.69, 9.17) is 0 Å². The van der Waals surface area contributed by atoms with Crippen LogP contribution in [0.1, 0.15) is 21.9 Å². The molecule has 3 aromatic heterocycles. The highest BCUT2D eigenvalue weighted by atomic mass is 16.2. The summed E-state index contributed by atoms with van der Waals surface area (Å²) in [7, 11) is 1.80. The third kappa shape index (κ3) is 2.12. The van der Waals surface area contributed by atoms with Crippen LogP contribution < -0.4 is 0 Å². The molecule has 0 radical (unpaired) electrons. The Balaban J connectivity index is 1.94. The molecule has 0 atom stereocenters. The van der Waals surface area contributed by atoms with Crippen LogP contribution in [-0.4, -0.2) is 32.4 Å². The average Bonchev–Trinajstić information content (AvgIpc) is 3.01. The Morgan fingerprint density at radius 1 is 1.17 bits per heavy atom. The maximum absolute atomic E-state index is 12.4. The van der Waals surface area contributed by atoms with Crippen LogP contribution in [0.3, 0.4) is 0 Å². The molecule has 0 saturated heterocycles. The molecule has 1 amide bonds. The lowest BCUT2D eigenvalue weighted by molar-refractivity contribution is 0.0781. The topological polar surface area (TPSA) is 51.0 Å². The van der Waals surface area contributed by atoms with Gasteiger partial charge in [-0.1, -0.05) is 6.07 Å². The second-order valence-corrected chi connectivity index (χ2v) is 5.75. The lowest BCUT2D eigenvalue weighted by Crippen LogP contribution is -2.25. The van der Waals surface area contributed by atoms with Gasteiger partial charge in [0.25, 0.3) is 5.91 Å². The van der Waals surface area contributed by atoms with E-state index in [1.165, 1.54) is 0 Å². The Kier molecular flexibility index (Phi) is 3.01. The largest absolute Gasteiger partial charge is 0.334 e. The van der Waals surface area contributed by atoms with Gasteiger partial charge in [0, 0.05) is 42.5 Å². The van der Waals surface area contributed by atoms with E-state index in [2.05, 4.69) is 16.0 Å². The summed E-state index contributed by atoms with van der Waals surface area (Å²) in [5.74, 6) is 0.00658. The molecule has 4 heterocycles. The van der Waals surface area contributed by atoms with E-state index in [0.29, 0.717) is 12.2 Å². The van der Waals surface area contributed by atoms with Crippen molar-refractivity contribution >= 4 is 5.91 Å². The molecule has 0 saturated carbocycles. The van der Waals surface area contributed by atoms with Crippen molar-refractivity contribution in [3.05, 3.63) is 66.0 Å². The number of pyridine rings is 2. The fourth-order valence-electron chi connectivity index (χ4n) is 3.01. The minimum absolute atomic E-state index is 0.00658. The lowest BCUT2D eigenvalue weighted by Gasteiger charge is -2.13. The summed E-state index contributed by atoms with van der Waals surface area (Å²) in [6, 6.07) is 9.78. The van der Waals surface area contributed by atoms with Crippen molar-refractivity contribution in [2.45, 2.75) is 13.5 Å². The third-order valence-corrected chi connectivity index (χ3v) is 4.23. The van der Waals surface area contributed by atoms with Crippen LogP contribution >= 0.6 is 0 Å². The lowest BCUT2D eigenvalue weighted by atomic mass is 10.1. The van der Waals surface area contributed by atoms with E-state index in [0.717, 1.165) is 28.2 Å². The van der Waals surface area contributed by atoms with Gasteiger partial charge in [-0.05, 0) is 31.2 Å². The van der Waals surface area contributed by atoms with E-state index >= 15 is 0 Å². The molecule has 0 bridgehead atoms. The normalized spacial score (nSPS) is 13.5. The minimum Gasteiger partial charge on any atom is -0.334 e. The van der Waals surface area contributed by atoms with Crippen LogP contribution in [0.4, 0.5) is 0 Å². The van der Waals surface area contributed by atoms with Crippen molar-refractivity contribution < 1.29 is 4.79 Å². The van der Waals surface area contributed by atoms with Crippen LogP contribution in [0.5, 0.6) is 0 Å². The van der Waals surface area contributed by atoms with Gasteiger partial charge in [0.2, 0.25) is 0 Å². The van der Waals surface area contributed by atoms with Crippen molar-refractivity contribution in [2.24, 2.45) is 0 Å². The maximum Gasteiger partial charge on any atom is 0.270 e. The second kappa shape index (κ2) is 5.05. The first-order valence-corrected chi connectivity index (χ1v) is 7.49. The Bertz CT molecular complexity index is 913. The van der Waals surface area contributed by atoms with E-state index < -0.39 is 0 Å². The van der Waals surface area contributed by atoms with Gasteiger partial charge >= 0.3 is 0 Å². The van der Waals surface area contributed by atoms with Crippen LogP contribution in [0.25, 0.3) is 16.8 Å². The number of aromatic nitrogens is 3. The zero-order valence-electron chi connectivity index (χ0n) is 13.0. The smallest absolute Gasteiger partial charge is 0.270 e. The summed E-state index contributed by atoms with van der Waals surface area (Å²) < 4.78 is 1.92. The summed E-state index contributed by atoms with van der Waals surface area (Å²) in [5.41, 5.74) is 5.52. The van der Waals surface area contributed by atoms with Crippen LogP contribution in [0.2, 0.25) is 0 Å². The Morgan fingerprint density at radius 3 is 2.87 bits per heavy atom. The Hall–Kier alpha value is -2.95. The molecule has 0 aromatic carbocycles. The van der Waals surface area contributed by atoms with Crippen molar-refractivity contribution in [3.63, 3.8) is 0 Å². The number of aryl methyl sites for hydroxylation is 1. The van der Waals surface area contributed by atoms with Gasteiger partial charge in [-0.15, -0.1) is 0 Å². The van der Waals surface area contributed by atoms with E-state index in [1.54, 1.807) is 18.1 Å². The van der Waals surface area contributed by atoms with E-state index in [1.807, 2.05) is 48.1 Å². The van der Waals surface area contributed by atoms with Gasteiger partial charge in [-0.2, -0.15) is 0 Å². The molecule has 1 aliphatic heterocycles. The number of amides is 1. The molecule has 0 N–H and O–H groups in total. The Morgan fingerprint density at radius 2 is 2.04 bits per heavy atom. The number of fused-ring (bicyclic) bond motifs is 3. The molecule has 0 spiro atoms. The number of rotatable bonds is 1. The molecule has 23 heavy (non-hydrogen) atoms. The zero-order chi connectivity index (χ0) is 16.0. The summed E-state index contributed by atoms with van der Waals surface area (Å²) in [4.78, 5) is 23.1. The second-order valence-electron chi connectivity index (χ2n) is 5.75. The highest BCUT2D eigenvalue weighted by molar-refractivity contribution is 5.94. The molecule has 4 rings (SSSR count). The van der Waals surface area contributed by atoms with Gasteiger partial charge in [0.1, 0.15) is 5.69 Å². The molecular weight excluding hydrogens is 288 g/mol. The van der Waals surface area contributed by atoms with Crippen molar-refractivity contribution in [3.8, 4) is 16.8 Å². The molecule has 3 aromatic rings. The molecule has 0 unspecified atom stereocenters. The quantitative estimate of drug-likeness (QED) is 0.694. The maximum atomic E-state index is 12.4. The van der Waals surface area contributed by atoms with Gasteiger partial charge in [0.05, 0.1) is 17.9 Å². The van der Waals surface area contributed by atoms with E-state index in [-0.39, 0.29) is 5.91 Å². The van der Waals surface area contributed by atoms with Crippen LogP contribution in [-0.2, 0) is 6.54 Å². The predicted octanol–water partition coefficient (Wildman–Crippen LogP) is 2.83. The van der Waals surface area contributed by atoms with Gasteiger partial charge in [-0.3, -0.25) is 14.8 Å². The first kappa shape index (κ1) is 13.7. The summed E-state index contributed by atoms with van der Waals surface area (Å²) in [5, 5.41) is 0. The minimum atomic E-state index is 0.00658. The van der Waals surface area contributed by atoms with Crippen LogP contribution in [0.15, 0.2) is 48.9 Å². The fraction of sp³-hybridized carbons (Fsp3) is 0.167. The number of hydrogen-bond acceptors (Lipinski definition) is 3. The molecule has 1 aliphatic rings. The van der Waals surface area contributed by atoms with Gasteiger partial charge in [0.15, 0.2) is 0 Å². The monoisotopic (exact) mass is 304 g/mol. The summed E-state index contributed by atoms with van der Waals surface area (Å²) >= 11 is 0. The predicted molar refractivity (Wildman–Crippen MR) is 87.3 cm³/mol. The third-order valence-electron chi connectivity index (χ3n) is 4.23. The van der Waals surface area contributed by atoms with Gasteiger partial charge in [-0.25, -0.2) is 0 Å². The molecular formula is C18H16N4O. The summed E-state index contributed by atoms with van der Waals surface area (Å²) in [6.07, 6.45) is 5.55. The highest BCUT2D eigenvalue weighted by Crippen LogP contribution is 2.28. The summed E-state index contributed by atoms with van der Waals surface area (Å²) in [6.45, 7) is 2.49. The van der Waals surface area contributed by atoms with Crippen LogP contribution in [0, 0.1) is 6.92 Å². The fourth-order valence-corrected chi connectivity index (χ4v) is 3.01. The number of carbonyl (C=O) groups is 1. The van der Waals surface area contributed by atoms with Gasteiger partial charge < -0.3 is 9.47 Å². The van der Waals surface area contributed by atoms with E-state index in [9.17, 15) is 4.79 Å². The highest BCUT2D eigenvalue weighted by Gasteiger charge is 2.24. The number of nitrogens with zero attached hydrogens (tertiary/aromatic N) is 4. The Labute approximate surface area is 134 Å². The molecule has 5 nitrogen and oxygen atoms in total. The SMILES string of the molecule is Cc1ncccc1-c1cnc2c(c1)-n1cccc1C(=O)N(C)C2. The number of carbonyl (C=O) groups excluding carboxylic acids is 1. The van der Waals surface area contributed by atoms with Crippen molar-refractivity contribution in [1.82, 2.24) is 19.4 Å². The first-order valence-electron chi connectivity index (χ1n) is 7.49. The number of hydrogen-bond donors (Lipinski definition) is 0. The standard InChI is InChI=1S/C18H16N4O/c1-12-14(5-3-7-19-12)13-9-17-15(20-10-13)11-21(2)18(23)16-6-4-8-22(16)17/h3-10H,11H2,1-2H3. The molecule has 114 valence electrons.